The first-order valence-corrected chi connectivity index (χ1v) is 5.67. The second-order valence-corrected chi connectivity index (χ2v) is 4.12. The number of nitrogens with two attached hydrogens (primary N) is 1. The van der Waals surface area contributed by atoms with Gasteiger partial charge in [-0.25, -0.2) is 0 Å². The van der Waals surface area contributed by atoms with Crippen LogP contribution in [0.25, 0.3) is 0 Å². The van der Waals surface area contributed by atoms with E-state index < -0.39 is 0 Å². The van der Waals surface area contributed by atoms with Crippen molar-refractivity contribution < 1.29 is 4.74 Å². The van der Waals surface area contributed by atoms with Crippen molar-refractivity contribution in [2.24, 2.45) is 5.73 Å². The Bertz CT molecular complexity index is 494. The smallest absolute Gasteiger partial charge is 0.122 e. The average Bonchev–Trinajstić information content (AvgIpc) is 2.39. The molecule has 0 aliphatic heterocycles. The largest absolute Gasteiger partial charge is 0.496 e. The van der Waals surface area contributed by atoms with Gasteiger partial charge in [-0.05, 0) is 29.7 Å². The van der Waals surface area contributed by atoms with Crippen LogP contribution < -0.4 is 10.5 Å². The third-order valence-corrected chi connectivity index (χ3v) is 2.95. The molecular formula is C15H17NO. The molecule has 0 saturated carbocycles. The third-order valence-electron chi connectivity index (χ3n) is 2.95. The molecule has 17 heavy (non-hydrogen) atoms. The van der Waals surface area contributed by atoms with Crippen LogP contribution in [0.1, 0.15) is 22.7 Å². The first-order valence-electron chi connectivity index (χ1n) is 5.67. The Hall–Kier alpha value is -1.80. The Balaban J connectivity index is 2.34. The van der Waals surface area contributed by atoms with Crippen LogP contribution in [0.5, 0.6) is 5.75 Å². The molecule has 1 atom stereocenters. The van der Waals surface area contributed by atoms with Gasteiger partial charge >= 0.3 is 0 Å². The summed E-state index contributed by atoms with van der Waals surface area (Å²) >= 11 is 0. The summed E-state index contributed by atoms with van der Waals surface area (Å²) in [7, 11) is 1.68. The molecule has 0 aliphatic carbocycles. The summed E-state index contributed by atoms with van der Waals surface area (Å²) in [6.45, 7) is 2.02. The van der Waals surface area contributed by atoms with Crippen LogP contribution in [0.4, 0.5) is 0 Å². The van der Waals surface area contributed by atoms with E-state index in [4.69, 9.17) is 10.5 Å². The molecule has 0 amide bonds. The van der Waals surface area contributed by atoms with Crippen molar-refractivity contribution in [3.63, 3.8) is 0 Å². The second kappa shape index (κ2) is 5.02. The van der Waals surface area contributed by atoms with Crippen LogP contribution in [-0.2, 0) is 0 Å². The maximum Gasteiger partial charge on any atom is 0.122 e. The van der Waals surface area contributed by atoms with Gasteiger partial charge < -0.3 is 10.5 Å². The number of benzene rings is 2. The van der Waals surface area contributed by atoms with Gasteiger partial charge in [0.1, 0.15) is 5.75 Å². The maximum atomic E-state index is 6.23. The molecule has 0 bridgehead atoms. The monoisotopic (exact) mass is 227 g/mol. The molecular weight excluding hydrogens is 210 g/mol. The fourth-order valence-corrected chi connectivity index (χ4v) is 1.88. The van der Waals surface area contributed by atoms with Crippen molar-refractivity contribution in [2.45, 2.75) is 13.0 Å². The maximum absolute atomic E-state index is 6.23. The van der Waals surface area contributed by atoms with Crippen LogP contribution in [0, 0.1) is 6.92 Å². The molecule has 0 spiro atoms. The van der Waals surface area contributed by atoms with E-state index in [-0.39, 0.29) is 6.04 Å². The predicted octanol–water partition coefficient (Wildman–Crippen LogP) is 3.05. The van der Waals surface area contributed by atoms with Gasteiger partial charge in [0.15, 0.2) is 0 Å². The molecule has 2 N–H and O–H groups in total. The van der Waals surface area contributed by atoms with Gasteiger partial charge in [0.25, 0.3) is 0 Å². The van der Waals surface area contributed by atoms with E-state index in [0.717, 1.165) is 22.4 Å². The zero-order chi connectivity index (χ0) is 12.3. The predicted molar refractivity (Wildman–Crippen MR) is 70.2 cm³/mol. The summed E-state index contributed by atoms with van der Waals surface area (Å²) in [6.07, 6.45) is 0. The van der Waals surface area contributed by atoms with E-state index in [2.05, 4.69) is 6.07 Å². The zero-order valence-corrected chi connectivity index (χ0v) is 10.2. The minimum atomic E-state index is -0.106. The van der Waals surface area contributed by atoms with E-state index in [9.17, 15) is 0 Å². The van der Waals surface area contributed by atoms with Gasteiger partial charge in [-0.1, -0.05) is 42.5 Å². The highest BCUT2D eigenvalue weighted by Crippen LogP contribution is 2.25. The van der Waals surface area contributed by atoms with Crippen molar-refractivity contribution in [1.82, 2.24) is 0 Å². The first kappa shape index (κ1) is 11.7. The summed E-state index contributed by atoms with van der Waals surface area (Å²) in [6, 6.07) is 16.1. The Labute approximate surface area is 102 Å². The third kappa shape index (κ3) is 2.48. The van der Waals surface area contributed by atoms with E-state index in [0.29, 0.717) is 0 Å². The lowest BCUT2D eigenvalue weighted by atomic mass is 9.98. The molecule has 2 heteroatoms. The lowest BCUT2D eigenvalue weighted by Crippen LogP contribution is -2.11. The minimum absolute atomic E-state index is 0.106. The SMILES string of the molecule is COc1cc(C(N)c2ccccc2)ccc1C. The van der Waals surface area contributed by atoms with E-state index in [1.54, 1.807) is 7.11 Å². The minimum Gasteiger partial charge on any atom is -0.496 e. The van der Waals surface area contributed by atoms with Crippen molar-refractivity contribution >= 4 is 0 Å². The normalized spacial score (nSPS) is 12.2. The molecule has 2 aromatic carbocycles. The average molecular weight is 227 g/mol. The van der Waals surface area contributed by atoms with Gasteiger partial charge in [-0.15, -0.1) is 0 Å². The number of rotatable bonds is 3. The molecule has 0 fully saturated rings. The molecule has 0 aliphatic rings. The fourth-order valence-electron chi connectivity index (χ4n) is 1.88. The van der Waals surface area contributed by atoms with Crippen LogP contribution in [0.3, 0.4) is 0 Å². The Morgan fingerprint density at radius 1 is 1.00 bits per heavy atom. The topological polar surface area (TPSA) is 35.2 Å². The highest BCUT2D eigenvalue weighted by Gasteiger charge is 2.10. The van der Waals surface area contributed by atoms with Crippen molar-refractivity contribution in [2.75, 3.05) is 7.11 Å². The number of methoxy groups -OCH3 is 1. The fraction of sp³-hybridized carbons (Fsp3) is 0.200. The lowest BCUT2D eigenvalue weighted by molar-refractivity contribution is 0.411. The summed E-state index contributed by atoms with van der Waals surface area (Å²) in [5.41, 5.74) is 9.53. The van der Waals surface area contributed by atoms with Gasteiger partial charge in [0, 0.05) is 0 Å². The Kier molecular flexibility index (Phi) is 3.45. The summed E-state index contributed by atoms with van der Waals surface area (Å²) in [5.74, 6) is 0.883. The molecule has 88 valence electrons. The molecule has 0 heterocycles. The highest BCUT2D eigenvalue weighted by atomic mass is 16.5. The van der Waals surface area contributed by atoms with Gasteiger partial charge in [-0.3, -0.25) is 0 Å². The second-order valence-electron chi connectivity index (χ2n) is 4.12. The van der Waals surface area contributed by atoms with E-state index in [1.165, 1.54) is 0 Å². The number of ether oxygens (including phenoxy) is 1. The summed E-state index contributed by atoms with van der Waals surface area (Å²) in [5, 5.41) is 0. The van der Waals surface area contributed by atoms with Gasteiger partial charge in [0.05, 0.1) is 13.2 Å². The van der Waals surface area contributed by atoms with Gasteiger partial charge in [-0.2, -0.15) is 0 Å². The zero-order valence-electron chi connectivity index (χ0n) is 10.2. The number of hydrogen-bond acceptors (Lipinski definition) is 2. The standard InChI is InChI=1S/C15H17NO/c1-11-8-9-13(10-14(11)17-2)15(16)12-6-4-3-5-7-12/h3-10,15H,16H2,1-2H3. The van der Waals surface area contributed by atoms with Crippen molar-refractivity contribution in [1.29, 1.82) is 0 Å². The quantitative estimate of drug-likeness (QED) is 0.874. The van der Waals surface area contributed by atoms with Crippen molar-refractivity contribution in [3.05, 3.63) is 65.2 Å². The molecule has 2 rings (SSSR count). The van der Waals surface area contributed by atoms with E-state index in [1.807, 2.05) is 49.4 Å². The molecule has 0 aromatic heterocycles. The molecule has 2 nitrogen and oxygen atoms in total. The lowest BCUT2D eigenvalue weighted by Gasteiger charge is -2.14. The van der Waals surface area contributed by atoms with Crippen LogP contribution >= 0.6 is 0 Å². The molecule has 1 unspecified atom stereocenters. The van der Waals surface area contributed by atoms with Crippen LogP contribution in [0.15, 0.2) is 48.5 Å². The van der Waals surface area contributed by atoms with Crippen LogP contribution in [-0.4, -0.2) is 7.11 Å². The van der Waals surface area contributed by atoms with Gasteiger partial charge in [0.2, 0.25) is 0 Å². The molecule has 2 aromatic rings. The molecule has 0 saturated heterocycles. The summed E-state index contributed by atoms with van der Waals surface area (Å²) < 4.78 is 5.32. The molecule has 0 radical (unpaired) electrons. The first-order chi connectivity index (χ1) is 8.22. The Morgan fingerprint density at radius 3 is 2.35 bits per heavy atom. The summed E-state index contributed by atoms with van der Waals surface area (Å²) in [4.78, 5) is 0. The number of hydrogen-bond donors (Lipinski definition) is 1. The highest BCUT2D eigenvalue weighted by molar-refractivity contribution is 5.40. The number of aryl methyl sites for hydroxylation is 1. The van der Waals surface area contributed by atoms with Crippen LogP contribution in [0.2, 0.25) is 0 Å². The van der Waals surface area contributed by atoms with E-state index >= 15 is 0 Å². The van der Waals surface area contributed by atoms with Crippen molar-refractivity contribution in [3.8, 4) is 5.75 Å². The Morgan fingerprint density at radius 2 is 1.71 bits per heavy atom.